The number of nitriles is 1. The monoisotopic (exact) mass is 343 g/mol. The quantitative estimate of drug-likeness (QED) is 0.820. The fraction of sp³-hybridized carbons (Fsp3) is 0.294. The number of nitrogens with zero attached hydrogens (tertiary/aromatic N) is 2. The van der Waals surface area contributed by atoms with Gasteiger partial charge in [-0.2, -0.15) is 5.26 Å². The first kappa shape index (κ1) is 17.8. The van der Waals surface area contributed by atoms with Gasteiger partial charge in [0, 0.05) is 18.1 Å². The fourth-order valence-electron chi connectivity index (χ4n) is 2.46. The highest BCUT2D eigenvalue weighted by Gasteiger charge is 2.35. The van der Waals surface area contributed by atoms with Gasteiger partial charge in [0.25, 0.3) is 0 Å². The molecule has 1 aliphatic rings. The SMILES string of the molecule is COC(=O)C1=C(C)NC(SCC(C)=O)=C(C#N)C1c1cccnc1. The number of pyridine rings is 1. The Kier molecular flexibility index (Phi) is 5.77. The number of nitrogens with one attached hydrogen (secondary N) is 1. The normalized spacial score (nSPS) is 17.2. The third kappa shape index (κ3) is 3.66. The largest absolute Gasteiger partial charge is 0.466 e. The molecule has 1 aliphatic heterocycles. The van der Waals surface area contributed by atoms with Crippen LogP contribution in [0.15, 0.2) is 46.4 Å². The topological polar surface area (TPSA) is 92.1 Å². The first-order chi connectivity index (χ1) is 11.5. The lowest BCUT2D eigenvalue weighted by molar-refractivity contribution is -0.136. The van der Waals surface area contributed by atoms with Crippen LogP contribution in [-0.4, -0.2) is 29.6 Å². The van der Waals surface area contributed by atoms with Gasteiger partial charge in [-0.1, -0.05) is 17.8 Å². The smallest absolute Gasteiger partial charge is 0.336 e. The third-order valence-corrected chi connectivity index (χ3v) is 4.65. The van der Waals surface area contributed by atoms with Crippen LogP contribution in [-0.2, 0) is 14.3 Å². The molecule has 24 heavy (non-hydrogen) atoms. The molecule has 1 N–H and O–H groups in total. The van der Waals surface area contributed by atoms with Crippen LogP contribution in [0.2, 0.25) is 0 Å². The second-order valence-electron chi connectivity index (χ2n) is 5.22. The number of allylic oxidation sites excluding steroid dienone is 2. The number of Topliss-reactive ketones (excluding diaryl/α,β-unsaturated/α-hetero) is 1. The number of carbonyl (C=O) groups is 2. The van der Waals surface area contributed by atoms with E-state index in [1.165, 1.54) is 25.8 Å². The molecule has 0 fully saturated rings. The van der Waals surface area contributed by atoms with Crippen LogP contribution >= 0.6 is 11.8 Å². The van der Waals surface area contributed by atoms with Crippen molar-refractivity contribution in [1.82, 2.24) is 10.3 Å². The first-order valence-corrected chi connectivity index (χ1v) is 8.20. The molecule has 0 aromatic carbocycles. The van der Waals surface area contributed by atoms with Crippen molar-refractivity contribution in [2.75, 3.05) is 12.9 Å². The van der Waals surface area contributed by atoms with Gasteiger partial charge in [-0.15, -0.1) is 0 Å². The third-order valence-electron chi connectivity index (χ3n) is 3.49. The zero-order valence-corrected chi connectivity index (χ0v) is 14.4. The van der Waals surface area contributed by atoms with Crippen LogP contribution in [0.25, 0.3) is 0 Å². The Labute approximate surface area is 144 Å². The Morgan fingerprint density at radius 1 is 1.50 bits per heavy atom. The highest BCUT2D eigenvalue weighted by molar-refractivity contribution is 8.03. The van der Waals surface area contributed by atoms with Crippen molar-refractivity contribution in [3.63, 3.8) is 0 Å². The van der Waals surface area contributed by atoms with E-state index >= 15 is 0 Å². The molecule has 0 bridgehead atoms. The lowest BCUT2D eigenvalue weighted by Gasteiger charge is -2.28. The number of thioether (sulfide) groups is 1. The first-order valence-electron chi connectivity index (χ1n) is 7.22. The Balaban J connectivity index is 2.57. The summed E-state index contributed by atoms with van der Waals surface area (Å²) in [6.45, 7) is 3.24. The van der Waals surface area contributed by atoms with E-state index in [1.807, 2.05) is 6.07 Å². The van der Waals surface area contributed by atoms with Crippen molar-refractivity contribution in [1.29, 1.82) is 5.26 Å². The Bertz CT molecular complexity index is 763. The van der Waals surface area contributed by atoms with Crippen molar-refractivity contribution >= 4 is 23.5 Å². The van der Waals surface area contributed by atoms with Crippen LogP contribution < -0.4 is 5.32 Å². The summed E-state index contributed by atoms with van der Waals surface area (Å²) >= 11 is 1.25. The molecule has 0 spiro atoms. The van der Waals surface area contributed by atoms with Crippen LogP contribution in [0.4, 0.5) is 0 Å². The van der Waals surface area contributed by atoms with Gasteiger partial charge in [0.2, 0.25) is 0 Å². The van der Waals surface area contributed by atoms with Gasteiger partial charge in [-0.25, -0.2) is 4.79 Å². The summed E-state index contributed by atoms with van der Waals surface area (Å²) in [6.07, 6.45) is 3.25. The summed E-state index contributed by atoms with van der Waals surface area (Å²) < 4.78 is 4.89. The summed E-state index contributed by atoms with van der Waals surface area (Å²) in [5, 5.41) is 13.3. The fourth-order valence-corrected chi connectivity index (χ4v) is 3.35. The van der Waals surface area contributed by atoms with Gasteiger partial charge in [-0.05, 0) is 25.5 Å². The molecule has 0 saturated heterocycles. The molecule has 2 rings (SSSR count). The predicted molar refractivity (Wildman–Crippen MR) is 90.6 cm³/mol. The molecule has 0 radical (unpaired) electrons. The molecule has 7 heteroatoms. The molecule has 6 nitrogen and oxygen atoms in total. The Morgan fingerprint density at radius 2 is 2.25 bits per heavy atom. The maximum atomic E-state index is 12.3. The number of esters is 1. The van der Waals surface area contributed by atoms with E-state index in [0.717, 1.165) is 5.56 Å². The minimum atomic E-state index is -0.577. The highest BCUT2D eigenvalue weighted by Crippen LogP contribution is 2.40. The van der Waals surface area contributed by atoms with E-state index in [9.17, 15) is 14.9 Å². The van der Waals surface area contributed by atoms with Gasteiger partial charge < -0.3 is 10.1 Å². The molecule has 0 amide bonds. The zero-order valence-electron chi connectivity index (χ0n) is 13.6. The molecule has 124 valence electrons. The second kappa shape index (κ2) is 7.79. The molecular weight excluding hydrogens is 326 g/mol. The van der Waals surface area contributed by atoms with E-state index in [2.05, 4.69) is 16.4 Å². The van der Waals surface area contributed by atoms with E-state index in [4.69, 9.17) is 4.74 Å². The second-order valence-corrected chi connectivity index (χ2v) is 6.21. The van der Waals surface area contributed by atoms with Crippen molar-refractivity contribution < 1.29 is 14.3 Å². The van der Waals surface area contributed by atoms with Gasteiger partial charge in [0.15, 0.2) is 0 Å². The maximum Gasteiger partial charge on any atom is 0.336 e. The standard InChI is InChI=1S/C17H17N3O3S/c1-10(21)9-24-16-13(7-18)15(12-5-4-6-19-8-12)14(11(2)20-16)17(22)23-3/h4-6,8,15,20H,9H2,1-3H3. The van der Waals surface area contributed by atoms with Gasteiger partial charge >= 0.3 is 5.97 Å². The molecule has 0 aliphatic carbocycles. The number of hydrogen-bond donors (Lipinski definition) is 1. The van der Waals surface area contributed by atoms with Gasteiger partial charge in [0.1, 0.15) is 5.78 Å². The number of ketones is 1. The number of aromatic nitrogens is 1. The number of hydrogen-bond acceptors (Lipinski definition) is 7. The number of methoxy groups -OCH3 is 1. The highest BCUT2D eigenvalue weighted by atomic mass is 32.2. The van der Waals surface area contributed by atoms with Crippen LogP contribution in [0.1, 0.15) is 25.3 Å². The average Bonchev–Trinajstić information content (AvgIpc) is 2.59. The molecule has 1 aromatic rings. The number of ether oxygens (including phenoxy) is 1. The lowest BCUT2D eigenvalue weighted by Crippen LogP contribution is -2.28. The maximum absolute atomic E-state index is 12.3. The summed E-state index contributed by atoms with van der Waals surface area (Å²) in [6, 6.07) is 5.73. The van der Waals surface area contributed by atoms with Crippen molar-refractivity contribution in [3.8, 4) is 6.07 Å². The van der Waals surface area contributed by atoms with Crippen molar-refractivity contribution in [2.45, 2.75) is 19.8 Å². The summed E-state index contributed by atoms with van der Waals surface area (Å²) in [5.41, 5.74) is 2.06. The van der Waals surface area contributed by atoms with Crippen LogP contribution in [0.3, 0.4) is 0 Å². The summed E-state index contributed by atoms with van der Waals surface area (Å²) in [7, 11) is 1.30. The Hall–Kier alpha value is -2.59. The van der Waals surface area contributed by atoms with Gasteiger partial charge in [0.05, 0.1) is 41.0 Å². The van der Waals surface area contributed by atoms with Gasteiger partial charge in [-0.3, -0.25) is 9.78 Å². The van der Waals surface area contributed by atoms with E-state index in [-0.39, 0.29) is 11.5 Å². The van der Waals surface area contributed by atoms with E-state index in [1.54, 1.807) is 25.4 Å². The number of dihydropyridines is 1. The minimum absolute atomic E-state index is 0.00455. The average molecular weight is 343 g/mol. The van der Waals surface area contributed by atoms with Crippen molar-refractivity contribution in [3.05, 3.63) is 52.0 Å². The molecular formula is C17H17N3O3S. The number of carbonyl (C=O) groups excluding carboxylic acids is 2. The van der Waals surface area contributed by atoms with Crippen molar-refractivity contribution in [2.24, 2.45) is 0 Å². The summed E-state index contributed by atoms with van der Waals surface area (Å²) in [4.78, 5) is 27.6. The lowest BCUT2D eigenvalue weighted by atomic mass is 9.83. The van der Waals surface area contributed by atoms with E-state index < -0.39 is 11.9 Å². The molecule has 1 atom stereocenters. The Morgan fingerprint density at radius 3 is 2.79 bits per heavy atom. The molecule has 1 unspecified atom stereocenters. The van der Waals surface area contributed by atoms with Crippen LogP contribution in [0.5, 0.6) is 0 Å². The predicted octanol–water partition coefficient (Wildman–Crippen LogP) is 2.27. The zero-order chi connectivity index (χ0) is 17.7. The molecule has 0 saturated carbocycles. The number of rotatable bonds is 5. The minimum Gasteiger partial charge on any atom is -0.466 e. The van der Waals surface area contributed by atoms with Crippen LogP contribution in [0, 0.1) is 11.3 Å². The van der Waals surface area contributed by atoms with E-state index in [0.29, 0.717) is 21.9 Å². The summed E-state index contributed by atoms with van der Waals surface area (Å²) in [5.74, 6) is -0.831. The molecule has 2 heterocycles. The molecule has 1 aromatic heterocycles.